The number of ketones is 1. The normalized spacial score (nSPS) is 24.1. The number of Topliss-reactive ketones (excluding diaryl/α,β-unsaturated/α-hetero) is 1. The lowest BCUT2D eigenvalue weighted by Gasteiger charge is -2.39. The van der Waals surface area contributed by atoms with E-state index in [1.807, 2.05) is 6.92 Å². The van der Waals surface area contributed by atoms with Gasteiger partial charge in [-0.15, -0.1) is 11.3 Å². The van der Waals surface area contributed by atoms with Gasteiger partial charge in [-0.05, 0) is 12.8 Å². The molecule has 0 atom stereocenters. The van der Waals surface area contributed by atoms with E-state index in [2.05, 4.69) is 4.98 Å². The van der Waals surface area contributed by atoms with Gasteiger partial charge in [0.1, 0.15) is 10.6 Å². The summed E-state index contributed by atoms with van der Waals surface area (Å²) in [6.45, 7) is 3.09. The molecule has 2 fully saturated rings. The summed E-state index contributed by atoms with van der Waals surface area (Å²) in [5.41, 5.74) is -0.947. The molecule has 1 aromatic heterocycles. The van der Waals surface area contributed by atoms with E-state index >= 15 is 0 Å². The predicted octanol–water partition coefficient (Wildman–Crippen LogP) is 2.24. The molecular weight excluding hydrogens is 278 g/mol. The Balaban J connectivity index is 1.73. The Kier molecular flexibility index (Phi) is 3.66. The van der Waals surface area contributed by atoms with Crippen molar-refractivity contribution in [2.24, 2.45) is 0 Å². The first-order chi connectivity index (χ1) is 9.57. The fourth-order valence-electron chi connectivity index (χ4n) is 2.84. The van der Waals surface area contributed by atoms with Crippen LogP contribution in [0.25, 0.3) is 0 Å². The van der Waals surface area contributed by atoms with Crippen molar-refractivity contribution in [3.63, 3.8) is 0 Å². The van der Waals surface area contributed by atoms with Crippen LogP contribution < -0.4 is 0 Å². The first kappa shape index (κ1) is 14.1. The summed E-state index contributed by atoms with van der Waals surface area (Å²) in [5, 5.41) is 11.4. The first-order valence-corrected chi connectivity index (χ1v) is 7.88. The van der Waals surface area contributed by atoms with Crippen LogP contribution in [0, 0.1) is 0 Å². The number of nitrogens with zero attached hydrogens (tertiary/aromatic N) is 1. The fraction of sp³-hybridized carbons (Fsp3) is 0.714. The molecule has 1 saturated heterocycles. The Labute approximate surface area is 121 Å². The van der Waals surface area contributed by atoms with E-state index in [0.717, 1.165) is 0 Å². The highest BCUT2D eigenvalue weighted by atomic mass is 32.1. The molecule has 0 amide bonds. The van der Waals surface area contributed by atoms with E-state index < -0.39 is 11.4 Å². The molecular formula is C14H19NO4S. The zero-order chi connectivity index (χ0) is 14.2. The monoisotopic (exact) mass is 297 g/mol. The second-order valence-corrected chi connectivity index (χ2v) is 6.48. The minimum Gasteiger partial charge on any atom is -0.383 e. The second kappa shape index (κ2) is 5.18. The van der Waals surface area contributed by atoms with E-state index in [0.29, 0.717) is 55.2 Å². The van der Waals surface area contributed by atoms with Crippen LogP contribution in [0.3, 0.4) is 0 Å². The number of hydrogen-bond acceptors (Lipinski definition) is 6. The molecule has 0 aromatic carbocycles. The average molecular weight is 297 g/mol. The Morgan fingerprint density at radius 3 is 2.60 bits per heavy atom. The van der Waals surface area contributed by atoms with Crippen molar-refractivity contribution in [1.29, 1.82) is 0 Å². The van der Waals surface area contributed by atoms with Crippen molar-refractivity contribution in [2.45, 2.75) is 50.4 Å². The van der Waals surface area contributed by atoms with Crippen LogP contribution in [0.15, 0.2) is 6.20 Å². The maximum Gasteiger partial charge on any atom is 0.174 e. The number of carbonyl (C=O) groups excluding carboxylic acids is 1. The molecule has 2 heterocycles. The number of rotatable bonds is 3. The molecule has 0 radical (unpaired) electrons. The highest BCUT2D eigenvalue weighted by molar-refractivity contribution is 7.13. The summed E-state index contributed by atoms with van der Waals surface area (Å²) < 4.78 is 11.3. The maximum absolute atomic E-state index is 11.7. The van der Waals surface area contributed by atoms with Crippen molar-refractivity contribution < 1.29 is 19.4 Å². The molecule has 110 valence electrons. The molecule has 1 spiro atoms. The number of hydrogen-bond donors (Lipinski definition) is 1. The third-order valence-corrected chi connectivity index (χ3v) is 5.38. The molecule has 1 aliphatic heterocycles. The van der Waals surface area contributed by atoms with Gasteiger partial charge in [0.2, 0.25) is 0 Å². The van der Waals surface area contributed by atoms with Gasteiger partial charge in [-0.25, -0.2) is 4.98 Å². The van der Waals surface area contributed by atoms with E-state index in [9.17, 15) is 9.90 Å². The van der Waals surface area contributed by atoms with Crippen LogP contribution >= 0.6 is 11.3 Å². The van der Waals surface area contributed by atoms with Gasteiger partial charge in [0.25, 0.3) is 0 Å². The van der Waals surface area contributed by atoms with Crippen molar-refractivity contribution in [2.75, 3.05) is 13.2 Å². The van der Waals surface area contributed by atoms with Crippen LogP contribution in [-0.4, -0.2) is 34.9 Å². The molecule has 2 aliphatic rings. The molecule has 6 heteroatoms. The Bertz CT molecular complexity index is 497. The first-order valence-electron chi connectivity index (χ1n) is 7.07. The predicted molar refractivity (Wildman–Crippen MR) is 73.7 cm³/mol. The van der Waals surface area contributed by atoms with Gasteiger partial charge >= 0.3 is 0 Å². The third-order valence-electron chi connectivity index (χ3n) is 4.15. The molecule has 3 rings (SSSR count). The lowest BCUT2D eigenvalue weighted by atomic mass is 9.82. The fourth-order valence-corrected chi connectivity index (χ4v) is 3.91. The summed E-state index contributed by atoms with van der Waals surface area (Å²) in [6, 6.07) is 0. The molecule has 0 unspecified atom stereocenters. The molecule has 0 bridgehead atoms. The van der Waals surface area contributed by atoms with Gasteiger partial charge in [0.15, 0.2) is 11.6 Å². The van der Waals surface area contributed by atoms with Crippen LogP contribution in [0.5, 0.6) is 0 Å². The van der Waals surface area contributed by atoms with Crippen LogP contribution in [0.1, 0.15) is 53.7 Å². The highest BCUT2D eigenvalue weighted by Gasteiger charge is 2.47. The van der Waals surface area contributed by atoms with Gasteiger partial charge in [0.05, 0.1) is 18.1 Å². The molecule has 5 nitrogen and oxygen atoms in total. The zero-order valence-electron chi connectivity index (χ0n) is 11.6. The van der Waals surface area contributed by atoms with Gasteiger partial charge in [-0.3, -0.25) is 4.79 Å². The van der Waals surface area contributed by atoms with Crippen molar-refractivity contribution >= 4 is 17.1 Å². The lowest BCUT2D eigenvalue weighted by molar-refractivity contribution is -0.204. The largest absolute Gasteiger partial charge is 0.383 e. The van der Waals surface area contributed by atoms with E-state index in [-0.39, 0.29) is 5.78 Å². The SMILES string of the molecule is CCC(=O)c1cnc(C2(O)CCC3(CC2)OCCO3)s1. The standard InChI is InChI=1S/C14H19NO4S/c1-2-10(16)11-9-15-12(20-11)13(17)3-5-14(6-4-13)18-7-8-19-14/h9,17H,2-8H2,1H3. The number of aliphatic hydroxyl groups is 1. The van der Waals surface area contributed by atoms with E-state index in [4.69, 9.17) is 9.47 Å². The van der Waals surface area contributed by atoms with Crippen LogP contribution in [0.2, 0.25) is 0 Å². The van der Waals surface area contributed by atoms with Gasteiger partial charge < -0.3 is 14.6 Å². The topological polar surface area (TPSA) is 68.7 Å². The Hall–Kier alpha value is -0.820. The van der Waals surface area contributed by atoms with Crippen LogP contribution in [0.4, 0.5) is 0 Å². The van der Waals surface area contributed by atoms with Gasteiger partial charge in [0, 0.05) is 25.5 Å². The maximum atomic E-state index is 11.7. The number of thiazole rings is 1. The summed E-state index contributed by atoms with van der Waals surface area (Å²) >= 11 is 1.31. The molecule has 1 N–H and O–H groups in total. The quantitative estimate of drug-likeness (QED) is 0.867. The minimum absolute atomic E-state index is 0.0760. The minimum atomic E-state index is -0.947. The Morgan fingerprint density at radius 2 is 2.00 bits per heavy atom. The number of ether oxygens (including phenoxy) is 2. The lowest BCUT2D eigenvalue weighted by Crippen LogP contribution is -2.42. The molecule has 1 aromatic rings. The molecule has 20 heavy (non-hydrogen) atoms. The van der Waals surface area contributed by atoms with Crippen LogP contribution in [-0.2, 0) is 15.1 Å². The van der Waals surface area contributed by atoms with Crippen molar-refractivity contribution in [3.8, 4) is 0 Å². The third kappa shape index (κ3) is 2.41. The van der Waals surface area contributed by atoms with Gasteiger partial charge in [-0.1, -0.05) is 6.92 Å². The summed E-state index contributed by atoms with van der Waals surface area (Å²) in [4.78, 5) is 16.6. The average Bonchev–Trinajstić information content (AvgIpc) is 3.12. The number of aromatic nitrogens is 1. The van der Waals surface area contributed by atoms with E-state index in [1.54, 1.807) is 6.20 Å². The van der Waals surface area contributed by atoms with Gasteiger partial charge in [-0.2, -0.15) is 0 Å². The van der Waals surface area contributed by atoms with Crippen molar-refractivity contribution in [3.05, 3.63) is 16.1 Å². The zero-order valence-corrected chi connectivity index (χ0v) is 12.4. The second-order valence-electron chi connectivity index (χ2n) is 5.45. The summed E-state index contributed by atoms with van der Waals surface area (Å²) in [6.07, 6.45) is 4.49. The molecule has 1 saturated carbocycles. The summed E-state index contributed by atoms with van der Waals surface area (Å²) in [5.74, 6) is -0.418. The highest BCUT2D eigenvalue weighted by Crippen LogP contribution is 2.45. The smallest absolute Gasteiger partial charge is 0.174 e. The Morgan fingerprint density at radius 1 is 1.35 bits per heavy atom. The molecule has 1 aliphatic carbocycles. The van der Waals surface area contributed by atoms with E-state index in [1.165, 1.54) is 11.3 Å². The van der Waals surface area contributed by atoms with Crippen molar-refractivity contribution in [1.82, 2.24) is 4.98 Å². The number of carbonyl (C=O) groups is 1. The summed E-state index contributed by atoms with van der Waals surface area (Å²) in [7, 11) is 0.